The summed E-state index contributed by atoms with van der Waals surface area (Å²) < 4.78 is 1.04. The molecule has 2 amide bonds. The van der Waals surface area contributed by atoms with Crippen LogP contribution in [0, 0.1) is 0 Å². The molecule has 5 nitrogen and oxygen atoms in total. The van der Waals surface area contributed by atoms with E-state index in [2.05, 4.69) is 4.98 Å². The van der Waals surface area contributed by atoms with Crippen LogP contribution in [0.1, 0.15) is 19.3 Å². The molecule has 0 N–H and O–H groups in total. The van der Waals surface area contributed by atoms with E-state index in [4.69, 9.17) is 0 Å². The normalized spacial score (nSPS) is 22.8. The maximum Gasteiger partial charge on any atom is 0.250 e. The Morgan fingerprint density at radius 3 is 3.05 bits per heavy atom. The number of benzene rings is 1. The summed E-state index contributed by atoms with van der Waals surface area (Å²) in [6, 6.07) is 5.48. The van der Waals surface area contributed by atoms with E-state index in [9.17, 15) is 9.59 Å². The Morgan fingerprint density at radius 2 is 2.14 bits per heavy atom. The van der Waals surface area contributed by atoms with Crippen molar-refractivity contribution in [2.45, 2.75) is 25.3 Å². The third-order valence-corrected chi connectivity index (χ3v) is 5.09. The number of fused-ring (bicyclic) bond motifs is 2. The van der Waals surface area contributed by atoms with Crippen LogP contribution in [0.25, 0.3) is 10.2 Å². The van der Waals surface area contributed by atoms with Crippen molar-refractivity contribution in [1.29, 1.82) is 0 Å². The number of piperidine rings is 1. The standard InChI is InChI=1S/C15H15N3O2S/c19-14-8-18(15(20)12-3-1-2-6-17(12)14)10-4-5-11-13(7-10)21-9-16-11/h4-5,7,9,12H,1-3,6,8H2. The topological polar surface area (TPSA) is 53.5 Å². The number of carbonyl (C=O) groups excluding carboxylic acids is 2. The molecule has 1 atom stereocenters. The lowest BCUT2D eigenvalue weighted by Crippen LogP contribution is -2.61. The van der Waals surface area contributed by atoms with Gasteiger partial charge in [0.1, 0.15) is 12.6 Å². The van der Waals surface area contributed by atoms with Gasteiger partial charge in [-0.3, -0.25) is 9.59 Å². The van der Waals surface area contributed by atoms with Crippen LogP contribution in [0.5, 0.6) is 0 Å². The highest BCUT2D eigenvalue weighted by Crippen LogP contribution is 2.29. The lowest BCUT2D eigenvalue weighted by atomic mass is 9.98. The van der Waals surface area contributed by atoms with Crippen LogP contribution in [0.2, 0.25) is 0 Å². The Morgan fingerprint density at radius 1 is 1.24 bits per heavy atom. The van der Waals surface area contributed by atoms with Crippen LogP contribution < -0.4 is 4.90 Å². The fourth-order valence-corrected chi connectivity index (χ4v) is 3.91. The molecular formula is C15H15N3O2S. The van der Waals surface area contributed by atoms with Gasteiger partial charge < -0.3 is 9.80 Å². The zero-order valence-corrected chi connectivity index (χ0v) is 12.3. The number of rotatable bonds is 1. The van der Waals surface area contributed by atoms with Crippen molar-refractivity contribution in [2.75, 3.05) is 18.0 Å². The van der Waals surface area contributed by atoms with Gasteiger partial charge in [-0.2, -0.15) is 0 Å². The van der Waals surface area contributed by atoms with Gasteiger partial charge in [0.15, 0.2) is 0 Å². The number of piperazine rings is 1. The molecule has 3 heterocycles. The molecule has 0 saturated carbocycles. The fourth-order valence-electron chi connectivity index (χ4n) is 3.20. The van der Waals surface area contributed by atoms with Gasteiger partial charge in [0.25, 0.3) is 0 Å². The third-order valence-electron chi connectivity index (χ3n) is 4.29. The fraction of sp³-hybridized carbons (Fsp3) is 0.400. The molecule has 21 heavy (non-hydrogen) atoms. The SMILES string of the molecule is O=C1C2CCCCN2C(=O)CN1c1ccc2ncsc2c1. The molecule has 0 bridgehead atoms. The van der Waals surface area contributed by atoms with Crippen molar-refractivity contribution in [3.8, 4) is 0 Å². The summed E-state index contributed by atoms with van der Waals surface area (Å²) in [7, 11) is 0. The highest BCUT2D eigenvalue weighted by atomic mass is 32.1. The lowest BCUT2D eigenvalue weighted by Gasteiger charge is -2.42. The average molecular weight is 301 g/mol. The van der Waals surface area contributed by atoms with E-state index in [0.29, 0.717) is 0 Å². The molecule has 2 aliphatic heterocycles. The second-order valence-corrected chi connectivity index (χ2v) is 6.41. The molecular weight excluding hydrogens is 286 g/mol. The molecule has 2 fully saturated rings. The van der Waals surface area contributed by atoms with Gasteiger partial charge in [-0.25, -0.2) is 4.98 Å². The van der Waals surface area contributed by atoms with Gasteiger partial charge in [-0.05, 0) is 37.5 Å². The summed E-state index contributed by atoms with van der Waals surface area (Å²) >= 11 is 1.55. The summed E-state index contributed by atoms with van der Waals surface area (Å²) in [5.74, 6) is 0.113. The molecule has 0 spiro atoms. The molecule has 1 unspecified atom stereocenters. The van der Waals surface area contributed by atoms with Crippen LogP contribution in [0.3, 0.4) is 0 Å². The number of hydrogen-bond acceptors (Lipinski definition) is 4. The first-order valence-electron chi connectivity index (χ1n) is 7.18. The predicted molar refractivity (Wildman–Crippen MR) is 81.3 cm³/mol. The zero-order chi connectivity index (χ0) is 14.4. The molecule has 1 aromatic heterocycles. The summed E-state index contributed by atoms with van der Waals surface area (Å²) in [6.45, 7) is 0.872. The molecule has 1 aromatic carbocycles. The van der Waals surface area contributed by atoms with Gasteiger partial charge in [-0.15, -0.1) is 11.3 Å². The number of thiazole rings is 1. The zero-order valence-electron chi connectivity index (χ0n) is 11.5. The third kappa shape index (κ3) is 2.01. The predicted octanol–water partition coefficient (Wildman–Crippen LogP) is 2.02. The van der Waals surface area contributed by atoms with Crippen molar-refractivity contribution in [1.82, 2.24) is 9.88 Å². The van der Waals surface area contributed by atoms with E-state index in [-0.39, 0.29) is 24.4 Å². The number of carbonyl (C=O) groups is 2. The Bertz CT molecular complexity index is 727. The van der Waals surface area contributed by atoms with Crippen LogP contribution in [0.4, 0.5) is 5.69 Å². The highest BCUT2D eigenvalue weighted by molar-refractivity contribution is 7.16. The Kier molecular flexibility index (Phi) is 2.92. The van der Waals surface area contributed by atoms with E-state index in [1.165, 1.54) is 0 Å². The number of nitrogens with zero attached hydrogens (tertiary/aromatic N) is 3. The van der Waals surface area contributed by atoms with E-state index >= 15 is 0 Å². The summed E-state index contributed by atoms with van der Waals surface area (Å²) in [6.07, 6.45) is 2.80. The quantitative estimate of drug-likeness (QED) is 0.810. The van der Waals surface area contributed by atoms with Crippen LogP contribution in [-0.2, 0) is 9.59 Å². The number of hydrogen-bond donors (Lipinski definition) is 0. The second-order valence-electron chi connectivity index (χ2n) is 5.53. The first kappa shape index (κ1) is 12.8. The Hall–Kier alpha value is -1.95. The molecule has 6 heteroatoms. The van der Waals surface area contributed by atoms with Gasteiger partial charge in [0.2, 0.25) is 11.8 Å². The Balaban J connectivity index is 1.70. The smallest absolute Gasteiger partial charge is 0.250 e. The largest absolute Gasteiger partial charge is 0.329 e. The van der Waals surface area contributed by atoms with Crippen LogP contribution >= 0.6 is 11.3 Å². The molecule has 2 saturated heterocycles. The first-order valence-corrected chi connectivity index (χ1v) is 8.06. The van der Waals surface area contributed by atoms with Crippen LogP contribution in [-0.4, -0.2) is 40.8 Å². The minimum atomic E-state index is -0.267. The molecule has 0 aliphatic carbocycles. The van der Waals surface area contributed by atoms with Crippen molar-refractivity contribution in [2.24, 2.45) is 0 Å². The van der Waals surface area contributed by atoms with Crippen LogP contribution in [0.15, 0.2) is 23.7 Å². The number of anilines is 1. The van der Waals surface area contributed by atoms with E-state index in [1.807, 2.05) is 18.2 Å². The number of aromatic nitrogens is 1. The maximum atomic E-state index is 12.7. The van der Waals surface area contributed by atoms with E-state index in [0.717, 1.165) is 41.7 Å². The van der Waals surface area contributed by atoms with E-state index < -0.39 is 0 Å². The molecule has 2 aliphatic rings. The van der Waals surface area contributed by atoms with Gasteiger partial charge in [0, 0.05) is 12.2 Å². The minimum Gasteiger partial charge on any atom is -0.329 e. The maximum absolute atomic E-state index is 12.7. The summed E-state index contributed by atoms with van der Waals surface area (Å²) in [4.78, 5) is 32.6. The number of amides is 2. The second kappa shape index (κ2) is 4.80. The van der Waals surface area contributed by atoms with Crippen molar-refractivity contribution >= 4 is 39.1 Å². The summed E-state index contributed by atoms with van der Waals surface area (Å²) in [5.41, 5.74) is 3.52. The average Bonchev–Trinajstić information content (AvgIpc) is 2.98. The van der Waals surface area contributed by atoms with Gasteiger partial charge in [0.05, 0.1) is 15.7 Å². The highest BCUT2D eigenvalue weighted by Gasteiger charge is 2.40. The monoisotopic (exact) mass is 301 g/mol. The molecule has 108 valence electrons. The van der Waals surface area contributed by atoms with Crippen molar-refractivity contribution in [3.05, 3.63) is 23.7 Å². The molecule has 4 rings (SSSR count). The Labute approximate surface area is 126 Å². The van der Waals surface area contributed by atoms with Crippen molar-refractivity contribution in [3.63, 3.8) is 0 Å². The van der Waals surface area contributed by atoms with Gasteiger partial charge in [-0.1, -0.05) is 0 Å². The molecule has 0 radical (unpaired) electrons. The minimum absolute atomic E-state index is 0.0539. The van der Waals surface area contributed by atoms with E-state index in [1.54, 1.807) is 26.6 Å². The van der Waals surface area contributed by atoms with Crippen molar-refractivity contribution < 1.29 is 9.59 Å². The first-order chi connectivity index (χ1) is 10.2. The lowest BCUT2D eigenvalue weighted by molar-refractivity contribution is -0.144. The summed E-state index contributed by atoms with van der Waals surface area (Å²) in [5, 5.41) is 0. The molecule has 2 aromatic rings. The van der Waals surface area contributed by atoms with Gasteiger partial charge >= 0.3 is 0 Å².